The number of phenolic OH excluding ortho intramolecular Hbond substituents is 1. The molecule has 186 valence electrons. The third kappa shape index (κ3) is 4.03. The number of H-pyrrole nitrogens is 1. The van der Waals surface area contributed by atoms with Crippen LogP contribution in [0.2, 0.25) is 0 Å². The molecule has 1 saturated heterocycles. The molecule has 1 fully saturated rings. The number of piperidine rings is 1. The normalized spacial score (nSPS) is 18.0. The first-order chi connectivity index (χ1) is 17.4. The van der Waals surface area contributed by atoms with E-state index in [-0.39, 0.29) is 17.3 Å². The van der Waals surface area contributed by atoms with Crippen molar-refractivity contribution in [3.8, 4) is 11.5 Å². The van der Waals surface area contributed by atoms with Gasteiger partial charge in [0.2, 0.25) is 5.95 Å². The number of esters is 1. The molecule has 0 saturated carbocycles. The highest BCUT2D eigenvalue weighted by atomic mass is 31.0. The Bertz CT molecular complexity index is 1390. The van der Waals surface area contributed by atoms with Gasteiger partial charge in [-0.05, 0) is 60.8 Å². The minimum atomic E-state index is -0.690. The number of nitrogens with zero attached hydrogens (tertiary/aromatic N) is 2. The van der Waals surface area contributed by atoms with Gasteiger partial charge in [0.05, 0.1) is 11.3 Å². The molecule has 0 bridgehead atoms. The second-order valence-corrected chi connectivity index (χ2v) is 10.4. The summed E-state index contributed by atoms with van der Waals surface area (Å²) in [5, 5.41) is 10.3. The number of hydrogen-bond donors (Lipinski definition) is 2. The predicted octanol–water partition coefficient (Wildman–Crippen LogP) is 3.10. The number of carbonyl (C=O) groups is 1. The second-order valence-electron chi connectivity index (χ2n) is 9.78. The zero-order valence-electron chi connectivity index (χ0n) is 19.9. The monoisotopic (exact) mass is 505 g/mol. The Kier molecular flexibility index (Phi) is 5.72. The van der Waals surface area contributed by atoms with Gasteiger partial charge < -0.3 is 19.5 Å². The Hall–Kier alpha value is -3.38. The van der Waals surface area contributed by atoms with Gasteiger partial charge >= 0.3 is 5.97 Å². The van der Waals surface area contributed by atoms with Gasteiger partial charge in [-0.2, -0.15) is 0 Å². The Balaban J connectivity index is 1.21. The molecule has 1 aliphatic carbocycles. The molecule has 36 heavy (non-hydrogen) atoms. The summed E-state index contributed by atoms with van der Waals surface area (Å²) in [6.07, 6.45) is 4.97. The highest BCUT2D eigenvalue weighted by Gasteiger charge is 2.49. The fraction of sp³-hybridized carbons (Fsp3) is 0.370. The number of aromatic nitrogens is 2. The summed E-state index contributed by atoms with van der Waals surface area (Å²) >= 11 is 0. The minimum Gasteiger partial charge on any atom is -0.508 e. The van der Waals surface area contributed by atoms with E-state index in [1.165, 1.54) is 0 Å². The third-order valence-electron chi connectivity index (χ3n) is 7.50. The molecular weight excluding hydrogens is 477 g/mol. The van der Waals surface area contributed by atoms with E-state index in [1.54, 1.807) is 30.3 Å². The molecule has 2 aromatic carbocycles. The zero-order valence-corrected chi connectivity index (χ0v) is 21.0. The van der Waals surface area contributed by atoms with E-state index >= 15 is 0 Å². The number of ether oxygens (including phenoxy) is 2. The first-order valence-corrected chi connectivity index (χ1v) is 12.9. The van der Waals surface area contributed by atoms with E-state index < -0.39 is 5.60 Å². The van der Waals surface area contributed by atoms with Crippen molar-refractivity contribution in [3.05, 3.63) is 74.7 Å². The van der Waals surface area contributed by atoms with Crippen LogP contribution in [-0.2, 0) is 29.8 Å². The number of nitrogens with one attached hydrogen (secondary N) is 1. The largest absolute Gasteiger partial charge is 0.508 e. The summed E-state index contributed by atoms with van der Waals surface area (Å²) < 4.78 is 12.0. The zero-order chi connectivity index (χ0) is 24.9. The average Bonchev–Trinajstić information content (AvgIpc) is 3.15. The van der Waals surface area contributed by atoms with E-state index in [2.05, 4.69) is 19.1 Å². The average molecular weight is 506 g/mol. The van der Waals surface area contributed by atoms with Gasteiger partial charge in [-0.1, -0.05) is 12.1 Å². The lowest BCUT2D eigenvalue weighted by molar-refractivity contribution is -0.0207. The van der Waals surface area contributed by atoms with E-state index in [0.717, 1.165) is 53.4 Å². The van der Waals surface area contributed by atoms with Crippen molar-refractivity contribution in [2.24, 2.45) is 0 Å². The number of anilines is 1. The van der Waals surface area contributed by atoms with Crippen molar-refractivity contribution < 1.29 is 19.4 Å². The van der Waals surface area contributed by atoms with Crippen LogP contribution in [0.1, 0.15) is 58.4 Å². The summed E-state index contributed by atoms with van der Waals surface area (Å²) in [6, 6.07) is 10.5. The van der Waals surface area contributed by atoms with Gasteiger partial charge in [-0.3, -0.25) is 9.78 Å². The van der Waals surface area contributed by atoms with Crippen LogP contribution in [0.25, 0.3) is 0 Å². The number of carbonyl (C=O) groups excluding carboxylic acids is 1. The number of aromatic amines is 1. The second kappa shape index (κ2) is 8.93. The lowest BCUT2D eigenvalue weighted by atomic mass is 9.83. The molecular formula is C27H28N3O5P. The van der Waals surface area contributed by atoms with Gasteiger partial charge in [0, 0.05) is 37.1 Å². The van der Waals surface area contributed by atoms with E-state index in [1.807, 2.05) is 6.07 Å². The van der Waals surface area contributed by atoms with Crippen LogP contribution in [0.5, 0.6) is 11.5 Å². The number of benzene rings is 2. The van der Waals surface area contributed by atoms with Gasteiger partial charge in [0.1, 0.15) is 23.7 Å². The molecule has 2 aliphatic heterocycles. The van der Waals surface area contributed by atoms with E-state index in [4.69, 9.17) is 14.5 Å². The van der Waals surface area contributed by atoms with Crippen molar-refractivity contribution in [1.29, 1.82) is 0 Å². The van der Waals surface area contributed by atoms with Crippen LogP contribution < -0.4 is 20.5 Å². The van der Waals surface area contributed by atoms with Crippen molar-refractivity contribution in [1.82, 2.24) is 9.97 Å². The Morgan fingerprint density at radius 2 is 1.86 bits per heavy atom. The highest BCUT2D eigenvalue weighted by molar-refractivity contribution is 7.27. The molecule has 1 atom stereocenters. The molecule has 1 aromatic heterocycles. The molecule has 3 aromatic rings. The molecule has 3 heterocycles. The highest BCUT2D eigenvalue weighted by Crippen LogP contribution is 2.45. The van der Waals surface area contributed by atoms with Crippen LogP contribution in [0.3, 0.4) is 0 Å². The molecule has 2 N–H and O–H groups in total. The third-order valence-corrected chi connectivity index (χ3v) is 7.95. The minimum absolute atomic E-state index is 0.0281. The Labute approximate surface area is 210 Å². The van der Waals surface area contributed by atoms with Crippen molar-refractivity contribution >= 4 is 26.5 Å². The maximum absolute atomic E-state index is 12.9. The Morgan fingerprint density at radius 1 is 1.11 bits per heavy atom. The van der Waals surface area contributed by atoms with Gasteiger partial charge in [0.25, 0.3) is 5.56 Å². The van der Waals surface area contributed by atoms with Gasteiger partial charge in [-0.25, -0.2) is 9.78 Å². The van der Waals surface area contributed by atoms with E-state index in [0.29, 0.717) is 49.8 Å². The van der Waals surface area contributed by atoms with Gasteiger partial charge in [0.15, 0.2) is 0 Å². The maximum Gasteiger partial charge on any atom is 0.339 e. The van der Waals surface area contributed by atoms with Crippen LogP contribution in [0, 0.1) is 0 Å². The lowest BCUT2D eigenvalue weighted by Gasteiger charge is -2.39. The fourth-order valence-electron chi connectivity index (χ4n) is 5.60. The van der Waals surface area contributed by atoms with Crippen molar-refractivity contribution in [2.75, 3.05) is 18.0 Å². The summed E-state index contributed by atoms with van der Waals surface area (Å²) in [5.41, 5.74) is 3.39. The van der Waals surface area contributed by atoms with E-state index in [9.17, 15) is 14.7 Å². The first-order valence-electron chi connectivity index (χ1n) is 12.4. The van der Waals surface area contributed by atoms with Crippen LogP contribution >= 0.6 is 9.24 Å². The lowest BCUT2D eigenvalue weighted by Crippen LogP contribution is -2.45. The van der Waals surface area contributed by atoms with Crippen molar-refractivity contribution in [3.63, 3.8) is 0 Å². The molecule has 0 radical (unpaired) electrons. The van der Waals surface area contributed by atoms with Gasteiger partial charge in [-0.15, -0.1) is 9.24 Å². The quantitative estimate of drug-likeness (QED) is 0.415. The summed E-state index contributed by atoms with van der Waals surface area (Å²) in [7, 11) is 2.73. The number of aryl methyl sites for hydroxylation is 1. The van der Waals surface area contributed by atoms with Crippen molar-refractivity contribution in [2.45, 2.75) is 50.7 Å². The molecule has 0 amide bonds. The number of aromatic hydroxyl groups is 1. The first kappa shape index (κ1) is 23.0. The molecule has 8 nitrogen and oxygen atoms in total. The van der Waals surface area contributed by atoms with Crippen LogP contribution in [0.15, 0.2) is 41.2 Å². The molecule has 1 spiro atoms. The smallest absolute Gasteiger partial charge is 0.339 e. The van der Waals surface area contributed by atoms with Crippen LogP contribution in [0.4, 0.5) is 5.95 Å². The maximum atomic E-state index is 12.9. The standard InChI is InChI=1S/C27H28N3O5P/c31-17-7-5-16(6-8-17)15-34-18-13-20-23(22(36)14-18)27(35-25(20)33)9-11-30(12-10-27)26-28-21-4-2-1-3-19(21)24(32)29-26/h5-8,13-14,31H,1-4,9-12,15,36H2,(H,28,29,32). The molecule has 3 aliphatic rings. The molecule has 9 heteroatoms. The fourth-order valence-corrected chi connectivity index (χ4v) is 6.19. The predicted molar refractivity (Wildman–Crippen MR) is 138 cm³/mol. The topological polar surface area (TPSA) is 105 Å². The molecule has 1 unspecified atom stereocenters. The Morgan fingerprint density at radius 3 is 2.64 bits per heavy atom. The number of rotatable bonds is 4. The SMILES string of the molecule is O=C1OC2(CCN(c3nc4c(c(=O)[nH]3)CCCC4)CC2)c2c(P)cc(OCc3ccc(O)cc3)cc21. The summed E-state index contributed by atoms with van der Waals surface area (Å²) in [6.45, 7) is 1.57. The summed E-state index contributed by atoms with van der Waals surface area (Å²) in [4.78, 5) is 35.4. The number of fused-ring (bicyclic) bond motifs is 3. The number of phenols is 1. The molecule has 6 rings (SSSR count). The van der Waals surface area contributed by atoms with Crippen LogP contribution in [-0.4, -0.2) is 34.1 Å². The summed E-state index contributed by atoms with van der Waals surface area (Å²) in [5.74, 6) is 1.08. The number of hydrogen-bond acceptors (Lipinski definition) is 7.